The molecule has 0 aliphatic carbocycles. The Labute approximate surface area is 151 Å². The van der Waals surface area contributed by atoms with Gasteiger partial charge in [-0.25, -0.2) is 0 Å². The third-order valence-electron chi connectivity index (χ3n) is 6.08. The normalized spacial score (nSPS) is 28.2. The minimum atomic E-state index is 0.0924. The summed E-state index contributed by atoms with van der Waals surface area (Å²) in [5.41, 5.74) is 1.41. The second-order valence-electron chi connectivity index (χ2n) is 7.91. The zero-order chi connectivity index (χ0) is 17.0. The molecule has 5 heteroatoms. The maximum absolute atomic E-state index is 6.18. The Bertz CT molecular complexity index is 519. The van der Waals surface area contributed by atoms with Crippen molar-refractivity contribution >= 4 is 0 Å². The smallest absolute Gasteiger partial charge is 0.0741 e. The molecule has 0 saturated carbocycles. The molecule has 0 amide bonds. The largest absolute Gasteiger partial charge is 0.381 e. The minimum Gasteiger partial charge on any atom is -0.381 e. The van der Waals surface area contributed by atoms with Crippen LogP contribution in [-0.4, -0.2) is 60.5 Å². The first-order chi connectivity index (χ1) is 12.3. The van der Waals surface area contributed by atoms with Gasteiger partial charge in [-0.05, 0) is 63.2 Å². The van der Waals surface area contributed by atoms with Crippen molar-refractivity contribution in [3.05, 3.63) is 30.1 Å². The molecule has 3 aliphatic rings. The van der Waals surface area contributed by atoms with E-state index in [0.29, 0.717) is 12.1 Å². The average Bonchev–Trinajstić information content (AvgIpc) is 2.65. The second-order valence-corrected chi connectivity index (χ2v) is 7.91. The number of aromatic nitrogens is 1. The molecular formula is C20H31N3O2. The average molecular weight is 345 g/mol. The molecule has 0 bridgehead atoms. The lowest BCUT2D eigenvalue weighted by Gasteiger charge is -2.45. The van der Waals surface area contributed by atoms with Crippen LogP contribution in [0.2, 0.25) is 0 Å². The van der Waals surface area contributed by atoms with Crippen molar-refractivity contribution in [1.29, 1.82) is 0 Å². The van der Waals surface area contributed by atoms with Gasteiger partial charge in [0.05, 0.1) is 5.60 Å². The van der Waals surface area contributed by atoms with Crippen molar-refractivity contribution in [2.75, 3.05) is 32.9 Å². The van der Waals surface area contributed by atoms with Gasteiger partial charge in [0.1, 0.15) is 0 Å². The number of rotatable bonds is 4. The van der Waals surface area contributed by atoms with Crippen LogP contribution in [-0.2, 0) is 16.0 Å². The number of likely N-dealkylation sites (tertiary alicyclic amines) is 1. The van der Waals surface area contributed by atoms with E-state index in [0.717, 1.165) is 52.0 Å². The zero-order valence-corrected chi connectivity index (χ0v) is 15.2. The van der Waals surface area contributed by atoms with Crippen LogP contribution in [0, 0.1) is 0 Å². The van der Waals surface area contributed by atoms with E-state index < -0.39 is 0 Å². The third-order valence-corrected chi connectivity index (χ3v) is 6.08. The lowest BCUT2D eigenvalue weighted by Crippen LogP contribution is -2.53. The molecule has 3 fully saturated rings. The molecule has 1 atom stereocenters. The van der Waals surface area contributed by atoms with Gasteiger partial charge in [0, 0.05) is 50.8 Å². The first-order valence-corrected chi connectivity index (χ1v) is 9.90. The summed E-state index contributed by atoms with van der Waals surface area (Å²) in [6, 6.07) is 5.47. The molecule has 3 aliphatic heterocycles. The van der Waals surface area contributed by atoms with Gasteiger partial charge in [-0.15, -0.1) is 0 Å². The molecule has 4 heterocycles. The van der Waals surface area contributed by atoms with Crippen LogP contribution in [0.1, 0.15) is 44.1 Å². The maximum Gasteiger partial charge on any atom is 0.0741 e. The molecule has 3 saturated heterocycles. The fraction of sp³-hybridized carbons (Fsp3) is 0.750. The first-order valence-electron chi connectivity index (χ1n) is 9.90. The summed E-state index contributed by atoms with van der Waals surface area (Å²) in [4.78, 5) is 6.78. The standard InChI is InChI=1S/C20H31N3O2/c1-2-17(15-21-8-1)16-23-9-3-18(4-10-23)22-19-5-11-25-20(14-19)6-12-24-13-7-20/h1-2,8,15,18-19,22H,3-7,9-14,16H2. The number of nitrogens with one attached hydrogen (secondary N) is 1. The highest BCUT2D eigenvalue weighted by Crippen LogP contribution is 2.34. The molecule has 1 unspecified atom stereocenters. The van der Waals surface area contributed by atoms with Gasteiger partial charge < -0.3 is 14.8 Å². The Morgan fingerprint density at radius 3 is 2.72 bits per heavy atom. The van der Waals surface area contributed by atoms with Gasteiger partial charge in [0.2, 0.25) is 0 Å². The van der Waals surface area contributed by atoms with E-state index in [1.165, 1.54) is 31.5 Å². The zero-order valence-electron chi connectivity index (χ0n) is 15.2. The fourth-order valence-corrected chi connectivity index (χ4v) is 4.60. The van der Waals surface area contributed by atoms with Crippen molar-refractivity contribution in [2.24, 2.45) is 0 Å². The first kappa shape index (κ1) is 17.4. The van der Waals surface area contributed by atoms with E-state index in [-0.39, 0.29) is 5.60 Å². The van der Waals surface area contributed by atoms with Crippen molar-refractivity contribution in [3.63, 3.8) is 0 Å². The van der Waals surface area contributed by atoms with Crippen LogP contribution in [0.4, 0.5) is 0 Å². The van der Waals surface area contributed by atoms with Crippen LogP contribution in [0.25, 0.3) is 0 Å². The van der Waals surface area contributed by atoms with Crippen molar-refractivity contribution in [1.82, 2.24) is 15.2 Å². The fourth-order valence-electron chi connectivity index (χ4n) is 4.60. The Balaban J connectivity index is 1.23. The van der Waals surface area contributed by atoms with Crippen molar-refractivity contribution < 1.29 is 9.47 Å². The SMILES string of the molecule is c1cncc(CN2CCC(NC3CCOC4(CCOCC4)C3)CC2)c1. The summed E-state index contributed by atoms with van der Waals surface area (Å²) < 4.78 is 11.7. The van der Waals surface area contributed by atoms with E-state index in [1.807, 2.05) is 18.5 Å². The Kier molecular flexibility index (Phi) is 5.66. The number of nitrogens with zero attached hydrogens (tertiary/aromatic N) is 2. The van der Waals surface area contributed by atoms with Crippen molar-refractivity contribution in [2.45, 2.75) is 62.8 Å². The predicted molar refractivity (Wildman–Crippen MR) is 97.4 cm³/mol. The van der Waals surface area contributed by atoms with E-state index in [4.69, 9.17) is 9.47 Å². The Hall–Kier alpha value is -1.01. The highest BCUT2D eigenvalue weighted by molar-refractivity contribution is 5.08. The van der Waals surface area contributed by atoms with Crippen LogP contribution < -0.4 is 5.32 Å². The monoisotopic (exact) mass is 345 g/mol. The van der Waals surface area contributed by atoms with Crippen LogP contribution in [0.5, 0.6) is 0 Å². The second kappa shape index (κ2) is 8.12. The topological polar surface area (TPSA) is 46.6 Å². The number of hydrogen-bond acceptors (Lipinski definition) is 5. The lowest BCUT2D eigenvalue weighted by molar-refractivity contribution is -0.141. The number of pyridine rings is 1. The van der Waals surface area contributed by atoms with E-state index >= 15 is 0 Å². The summed E-state index contributed by atoms with van der Waals surface area (Å²) in [7, 11) is 0. The number of ether oxygens (including phenoxy) is 2. The van der Waals surface area contributed by atoms with Gasteiger partial charge in [-0.3, -0.25) is 9.88 Å². The van der Waals surface area contributed by atoms with Crippen LogP contribution >= 0.6 is 0 Å². The molecule has 0 aromatic carbocycles. The highest BCUT2D eigenvalue weighted by atomic mass is 16.5. The van der Waals surface area contributed by atoms with Gasteiger partial charge in [-0.2, -0.15) is 0 Å². The summed E-state index contributed by atoms with van der Waals surface area (Å²) in [6.07, 6.45) is 10.8. The Morgan fingerprint density at radius 1 is 1.12 bits per heavy atom. The summed E-state index contributed by atoms with van der Waals surface area (Å²) in [6.45, 7) is 6.00. The molecule has 1 aromatic rings. The molecule has 5 nitrogen and oxygen atoms in total. The Morgan fingerprint density at radius 2 is 1.96 bits per heavy atom. The minimum absolute atomic E-state index is 0.0924. The lowest BCUT2D eigenvalue weighted by atomic mass is 9.83. The van der Waals surface area contributed by atoms with E-state index in [2.05, 4.69) is 21.3 Å². The van der Waals surface area contributed by atoms with Crippen LogP contribution in [0.3, 0.4) is 0 Å². The molecule has 1 N–H and O–H groups in total. The third kappa shape index (κ3) is 4.59. The molecule has 138 valence electrons. The van der Waals surface area contributed by atoms with Gasteiger partial charge >= 0.3 is 0 Å². The van der Waals surface area contributed by atoms with Crippen molar-refractivity contribution in [3.8, 4) is 0 Å². The quantitative estimate of drug-likeness (QED) is 0.908. The number of hydrogen-bond donors (Lipinski definition) is 1. The molecular weight excluding hydrogens is 314 g/mol. The summed E-state index contributed by atoms with van der Waals surface area (Å²) >= 11 is 0. The van der Waals surface area contributed by atoms with Gasteiger partial charge in [-0.1, -0.05) is 6.07 Å². The van der Waals surface area contributed by atoms with Crippen LogP contribution in [0.15, 0.2) is 24.5 Å². The molecule has 25 heavy (non-hydrogen) atoms. The molecule has 1 spiro atoms. The van der Waals surface area contributed by atoms with E-state index in [1.54, 1.807) is 0 Å². The molecule has 4 rings (SSSR count). The number of piperidine rings is 1. The highest BCUT2D eigenvalue weighted by Gasteiger charge is 2.39. The summed E-state index contributed by atoms with van der Waals surface area (Å²) in [5.74, 6) is 0. The van der Waals surface area contributed by atoms with Gasteiger partial charge in [0.25, 0.3) is 0 Å². The maximum atomic E-state index is 6.18. The van der Waals surface area contributed by atoms with Gasteiger partial charge in [0.15, 0.2) is 0 Å². The molecule has 1 aromatic heterocycles. The van der Waals surface area contributed by atoms with E-state index in [9.17, 15) is 0 Å². The predicted octanol–water partition coefficient (Wildman–Crippen LogP) is 2.36. The molecule has 0 radical (unpaired) electrons. The summed E-state index contributed by atoms with van der Waals surface area (Å²) in [5, 5.41) is 3.95.